The van der Waals surface area contributed by atoms with Crippen LogP contribution in [-0.2, 0) is 4.74 Å². The quantitative estimate of drug-likeness (QED) is 0.450. The third kappa shape index (κ3) is 2.95. The predicted molar refractivity (Wildman–Crippen MR) is 144 cm³/mol. The molecule has 5 aliphatic rings. The first-order valence-electron chi connectivity index (χ1n) is 14.5. The van der Waals surface area contributed by atoms with E-state index in [-0.39, 0.29) is 0 Å². The van der Waals surface area contributed by atoms with Crippen LogP contribution in [-0.4, -0.2) is 18.2 Å². The molecule has 1 heterocycles. The van der Waals surface area contributed by atoms with Crippen LogP contribution in [0.25, 0.3) is 17.0 Å². The minimum absolute atomic E-state index is 0.475. The van der Waals surface area contributed by atoms with E-state index in [0.29, 0.717) is 28.3 Å². The summed E-state index contributed by atoms with van der Waals surface area (Å²) in [5, 5.41) is 1.22. The van der Waals surface area contributed by atoms with Crippen LogP contribution < -0.4 is 0 Å². The van der Waals surface area contributed by atoms with Gasteiger partial charge in [0.25, 0.3) is 0 Å². The maximum atomic E-state index is 6.32. The molecule has 5 aliphatic carbocycles. The molecule has 1 spiro atoms. The molecule has 0 saturated heterocycles. The third-order valence-electron chi connectivity index (χ3n) is 12.7. The Balaban J connectivity index is 1.13. The number of benzene rings is 1. The monoisotopic (exact) mass is 469 g/mol. The molecule has 2 heteroatoms. The lowest BCUT2D eigenvalue weighted by Gasteiger charge is -2.61. The zero-order chi connectivity index (χ0) is 24.0. The Morgan fingerprint density at radius 3 is 2.69 bits per heavy atom. The number of nitrogens with zero attached hydrogens (tertiary/aromatic N) is 1. The van der Waals surface area contributed by atoms with Crippen LogP contribution in [0.1, 0.15) is 77.8 Å². The van der Waals surface area contributed by atoms with E-state index in [1.165, 1.54) is 56.8 Å². The van der Waals surface area contributed by atoms with E-state index >= 15 is 0 Å². The lowest BCUT2D eigenvalue weighted by atomic mass is 9.45. The molecule has 0 amide bonds. The summed E-state index contributed by atoms with van der Waals surface area (Å²) < 4.78 is 6.32. The fourth-order valence-electron chi connectivity index (χ4n) is 11.0. The van der Waals surface area contributed by atoms with Crippen molar-refractivity contribution in [2.24, 2.45) is 51.8 Å². The molecule has 186 valence electrons. The largest absolute Gasteiger partial charge is 0.381 e. The molecular formula is C33H43NO. The summed E-state index contributed by atoms with van der Waals surface area (Å²) in [6.45, 7) is 7.84. The van der Waals surface area contributed by atoms with Gasteiger partial charge in [-0.3, -0.25) is 0 Å². The standard InChI is InChI=1S/C33H43NO/c1-21(9-11-24-12-10-22-7-5-6-8-29(22)34-24)26-13-14-27-25-19-30(35-4)33-20-23(33)15-18-32(33,3)28(25)16-17-31(26,27)2/h5-12,21,23,25-28,30H,13-20H2,1-4H3/b11-9+/t21-,23-,25+,26-,27+,28+,30?,31-,32-,33?/m1/s1. The second-order valence-corrected chi connectivity index (χ2v) is 13.6. The maximum Gasteiger partial charge on any atom is 0.0709 e. The smallest absolute Gasteiger partial charge is 0.0709 e. The first kappa shape index (κ1) is 22.5. The molecule has 0 N–H and O–H groups in total. The molecule has 7 rings (SSSR count). The van der Waals surface area contributed by atoms with E-state index in [1.54, 1.807) is 0 Å². The van der Waals surface area contributed by atoms with E-state index in [2.05, 4.69) is 69.3 Å². The Kier molecular flexibility index (Phi) is 4.93. The summed E-state index contributed by atoms with van der Waals surface area (Å²) in [5.41, 5.74) is 3.73. The van der Waals surface area contributed by atoms with Gasteiger partial charge < -0.3 is 4.74 Å². The molecule has 1 aromatic carbocycles. The second kappa shape index (κ2) is 7.67. The van der Waals surface area contributed by atoms with Gasteiger partial charge in [0.1, 0.15) is 0 Å². The van der Waals surface area contributed by atoms with Gasteiger partial charge in [-0.1, -0.05) is 51.1 Å². The number of methoxy groups -OCH3 is 1. The Hall–Kier alpha value is -1.67. The molecule has 0 radical (unpaired) electrons. The zero-order valence-electron chi connectivity index (χ0n) is 22.2. The van der Waals surface area contributed by atoms with Gasteiger partial charge in [-0.05, 0) is 116 Å². The average molecular weight is 470 g/mol. The van der Waals surface area contributed by atoms with Gasteiger partial charge in [0.15, 0.2) is 0 Å². The van der Waals surface area contributed by atoms with Crippen molar-refractivity contribution in [2.75, 3.05) is 7.11 Å². The number of hydrogen-bond acceptors (Lipinski definition) is 2. The Morgan fingerprint density at radius 1 is 1.00 bits per heavy atom. The van der Waals surface area contributed by atoms with E-state index in [4.69, 9.17) is 9.72 Å². The lowest BCUT2D eigenvalue weighted by Crippen LogP contribution is -2.57. The van der Waals surface area contributed by atoms with Gasteiger partial charge >= 0.3 is 0 Å². The van der Waals surface area contributed by atoms with E-state index < -0.39 is 0 Å². The minimum atomic E-state index is 0.475. The summed E-state index contributed by atoms with van der Waals surface area (Å²) in [4.78, 5) is 4.89. The normalized spacial score (nSPS) is 46.7. The lowest BCUT2D eigenvalue weighted by molar-refractivity contribution is -0.160. The van der Waals surface area contributed by atoms with Crippen molar-refractivity contribution in [3.63, 3.8) is 0 Å². The van der Waals surface area contributed by atoms with Crippen LogP contribution in [0, 0.1) is 51.8 Å². The molecular weight excluding hydrogens is 426 g/mol. The highest BCUT2D eigenvalue weighted by molar-refractivity contribution is 5.79. The number of allylic oxidation sites excluding steroid dienone is 1. The molecule has 0 bridgehead atoms. The van der Waals surface area contributed by atoms with Crippen LogP contribution in [0.4, 0.5) is 0 Å². The Bertz CT molecular complexity index is 1170. The summed E-state index contributed by atoms with van der Waals surface area (Å²) in [6, 6.07) is 12.8. The second-order valence-electron chi connectivity index (χ2n) is 13.6. The van der Waals surface area contributed by atoms with Gasteiger partial charge in [0.05, 0.1) is 17.3 Å². The molecule has 1 aromatic heterocycles. The number of ether oxygens (including phenoxy) is 1. The van der Waals surface area contributed by atoms with Gasteiger partial charge in [-0.2, -0.15) is 0 Å². The summed E-state index contributed by atoms with van der Waals surface area (Å²) in [7, 11) is 2.01. The number of fused-ring (bicyclic) bond motifs is 5. The van der Waals surface area contributed by atoms with Crippen LogP contribution in [0.15, 0.2) is 42.5 Å². The first-order chi connectivity index (χ1) is 16.9. The predicted octanol–water partition coefficient (Wildman–Crippen LogP) is 8.17. The van der Waals surface area contributed by atoms with Crippen molar-refractivity contribution in [2.45, 2.75) is 78.2 Å². The Morgan fingerprint density at radius 2 is 1.86 bits per heavy atom. The molecule has 35 heavy (non-hydrogen) atoms. The van der Waals surface area contributed by atoms with Gasteiger partial charge in [-0.25, -0.2) is 4.98 Å². The zero-order valence-corrected chi connectivity index (χ0v) is 22.2. The average Bonchev–Trinajstić information content (AvgIpc) is 3.38. The van der Waals surface area contributed by atoms with Crippen molar-refractivity contribution < 1.29 is 4.74 Å². The first-order valence-corrected chi connectivity index (χ1v) is 14.5. The molecule has 5 saturated carbocycles. The third-order valence-corrected chi connectivity index (χ3v) is 12.7. The van der Waals surface area contributed by atoms with E-state index in [0.717, 1.165) is 40.8 Å². The molecule has 0 aliphatic heterocycles. The highest BCUT2D eigenvalue weighted by atomic mass is 16.5. The maximum absolute atomic E-state index is 6.32. The topological polar surface area (TPSA) is 22.1 Å². The number of para-hydroxylation sites is 1. The SMILES string of the molecule is COC1C[C@H]2[C@@H]3CC[C@H]([C@H](C)/C=C/c4ccc5ccccc5n4)[C@@]3(C)CC[C@@H]2[C@@]2(C)CC[C@@H]3CC132. The van der Waals surface area contributed by atoms with E-state index in [1.807, 2.05) is 7.11 Å². The van der Waals surface area contributed by atoms with Crippen molar-refractivity contribution in [1.82, 2.24) is 4.98 Å². The molecule has 10 atom stereocenters. The highest BCUT2D eigenvalue weighted by Gasteiger charge is 2.77. The Labute approximate surface area is 211 Å². The fraction of sp³-hybridized carbons (Fsp3) is 0.667. The fourth-order valence-corrected chi connectivity index (χ4v) is 11.0. The summed E-state index contributed by atoms with van der Waals surface area (Å²) in [5.74, 6) is 5.04. The summed E-state index contributed by atoms with van der Waals surface area (Å²) in [6.07, 6.45) is 16.7. The molecule has 2 aromatic rings. The minimum Gasteiger partial charge on any atom is -0.381 e. The highest BCUT2D eigenvalue weighted by Crippen LogP contribution is 2.82. The van der Waals surface area contributed by atoms with Crippen molar-refractivity contribution >= 4 is 17.0 Å². The van der Waals surface area contributed by atoms with Gasteiger partial charge in [-0.15, -0.1) is 0 Å². The number of aromatic nitrogens is 1. The van der Waals surface area contributed by atoms with Crippen molar-refractivity contribution in [3.8, 4) is 0 Å². The summed E-state index contributed by atoms with van der Waals surface area (Å²) >= 11 is 0. The van der Waals surface area contributed by atoms with Crippen LogP contribution >= 0.6 is 0 Å². The van der Waals surface area contributed by atoms with Gasteiger partial charge in [0.2, 0.25) is 0 Å². The van der Waals surface area contributed by atoms with Crippen molar-refractivity contribution in [3.05, 3.63) is 48.2 Å². The van der Waals surface area contributed by atoms with Crippen LogP contribution in [0.2, 0.25) is 0 Å². The number of pyridine rings is 1. The molecule has 5 fully saturated rings. The van der Waals surface area contributed by atoms with Gasteiger partial charge in [0, 0.05) is 17.9 Å². The number of hydrogen-bond donors (Lipinski definition) is 0. The van der Waals surface area contributed by atoms with Crippen LogP contribution in [0.3, 0.4) is 0 Å². The molecule has 2 nitrogen and oxygen atoms in total. The van der Waals surface area contributed by atoms with Crippen molar-refractivity contribution in [1.29, 1.82) is 0 Å². The van der Waals surface area contributed by atoms with E-state index in [9.17, 15) is 0 Å². The number of rotatable bonds is 4. The van der Waals surface area contributed by atoms with Crippen LogP contribution in [0.5, 0.6) is 0 Å². The molecule has 2 unspecified atom stereocenters.